The molecule has 2 fully saturated rings. The van der Waals surface area contributed by atoms with E-state index in [1.54, 1.807) is 11.9 Å². The van der Waals surface area contributed by atoms with Crippen LogP contribution in [0, 0.1) is 17.8 Å². The maximum absolute atomic E-state index is 13.3. The second kappa shape index (κ2) is 10.2. The second-order valence-corrected chi connectivity index (χ2v) is 10.5. The lowest BCUT2D eigenvalue weighted by Gasteiger charge is -2.35. The minimum atomic E-state index is -0.595. The molecule has 31 heavy (non-hydrogen) atoms. The molecule has 1 amide bonds. The average Bonchev–Trinajstić information content (AvgIpc) is 3.01. The van der Waals surface area contributed by atoms with Crippen LogP contribution in [0.5, 0.6) is 0 Å². The Balaban J connectivity index is 1.38. The number of nitrogens with zero attached hydrogens (tertiary/aromatic N) is 2. The quantitative estimate of drug-likeness (QED) is 0.583. The zero-order chi connectivity index (χ0) is 21.7. The molecule has 0 aromatic heterocycles. The first kappa shape index (κ1) is 22.4. The number of amides is 1. The molecule has 3 aliphatic rings. The zero-order valence-corrected chi connectivity index (χ0v) is 19.4. The van der Waals surface area contributed by atoms with Crippen LogP contribution in [0.2, 0.25) is 0 Å². The van der Waals surface area contributed by atoms with Gasteiger partial charge < -0.3 is 5.73 Å². The molecule has 1 heterocycles. The van der Waals surface area contributed by atoms with Crippen LogP contribution in [-0.4, -0.2) is 29.4 Å². The lowest BCUT2D eigenvalue weighted by atomic mass is 9.72. The number of likely N-dealkylation sites (N-methyl/N-ethyl adjacent to an activating group) is 1. The first-order chi connectivity index (χ1) is 15.1. The summed E-state index contributed by atoms with van der Waals surface area (Å²) in [6.45, 7) is 0. The van der Waals surface area contributed by atoms with Gasteiger partial charge in [0.1, 0.15) is 5.54 Å². The van der Waals surface area contributed by atoms with Gasteiger partial charge >= 0.3 is 0 Å². The van der Waals surface area contributed by atoms with E-state index in [2.05, 4.69) is 30.3 Å². The molecule has 1 aromatic carbocycles. The fraction of sp³-hybridized carbons (Fsp3) is 0.704. The number of rotatable bonds is 8. The highest BCUT2D eigenvalue weighted by atomic mass is 16.2. The molecule has 4 heteroatoms. The Labute approximate surface area is 188 Å². The normalized spacial score (nSPS) is 29.9. The van der Waals surface area contributed by atoms with E-state index in [1.807, 2.05) is 0 Å². The molecule has 2 N–H and O–H groups in total. The molecule has 2 saturated carbocycles. The van der Waals surface area contributed by atoms with Gasteiger partial charge in [0.15, 0.2) is 5.96 Å². The van der Waals surface area contributed by atoms with Crippen molar-refractivity contribution >= 4 is 11.9 Å². The van der Waals surface area contributed by atoms with Gasteiger partial charge in [-0.3, -0.25) is 9.69 Å². The van der Waals surface area contributed by atoms with Crippen molar-refractivity contribution in [2.24, 2.45) is 28.5 Å². The summed E-state index contributed by atoms with van der Waals surface area (Å²) in [5, 5.41) is 0. The zero-order valence-electron chi connectivity index (χ0n) is 19.4. The van der Waals surface area contributed by atoms with Crippen molar-refractivity contribution in [1.29, 1.82) is 0 Å². The van der Waals surface area contributed by atoms with Crippen LogP contribution in [0.3, 0.4) is 0 Å². The Morgan fingerprint density at radius 1 is 0.968 bits per heavy atom. The predicted molar refractivity (Wildman–Crippen MR) is 128 cm³/mol. The summed E-state index contributed by atoms with van der Waals surface area (Å²) in [4.78, 5) is 19.8. The van der Waals surface area contributed by atoms with E-state index < -0.39 is 5.54 Å². The minimum Gasteiger partial charge on any atom is -0.369 e. The molecule has 1 aromatic rings. The van der Waals surface area contributed by atoms with Gasteiger partial charge in [-0.15, -0.1) is 0 Å². The molecule has 0 radical (unpaired) electrons. The maximum atomic E-state index is 13.3. The van der Waals surface area contributed by atoms with Crippen LogP contribution >= 0.6 is 0 Å². The van der Waals surface area contributed by atoms with Crippen molar-refractivity contribution in [3.63, 3.8) is 0 Å². The summed E-state index contributed by atoms with van der Waals surface area (Å²) in [6, 6.07) is 10.9. The van der Waals surface area contributed by atoms with E-state index in [0.717, 1.165) is 37.5 Å². The van der Waals surface area contributed by atoms with Crippen LogP contribution in [0.1, 0.15) is 89.0 Å². The number of carbonyl (C=O) groups excluding carboxylic acids is 1. The highest BCUT2D eigenvalue weighted by Gasteiger charge is 2.47. The van der Waals surface area contributed by atoms with Gasteiger partial charge in [0.25, 0.3) is 5.91 Å². The Morgan fingerprint density at radius 3 is 2.39 bits per heavy atom. The lowest BCUT2D eigenvalue weighted by Crippen LogP contribution is -2.44. The fourth-order valence-corrected chi connectivity index (χ4v) is 6.42. The second-order valence-electron chi connectivity index (χ2n) is 10.5. The minimum absolute atomic E-state index is 0.146. The summed E-state index contributed by atoms with van der Waals surface area (Å²) < 4.78 is 0. The molecular weight excluding hydrogens is 382 g/mol. The fourth-order valence-electron chi connectivity index (χ4n) is 6.42. The third kappa shape index (κ3) is 5.51. The SMILES string of the molecule is CN1C(=O)[C@@](CCC2CCCCC2)(C[C@@H]2CCC[C@H](CCc3ccccc3)C2)N=C1N. The van der Waals surface area contributed by atoms with Gasteiger partial charge in [0, 0.05) is 7.05 Å². The Morgan fingerprint density at radius 2 is 1.68 bits per heavy atom. The molecule has 4 rings (SSSR count). The first-order valence-electron chi connectivity index (χ1n) is 12.7. The number of aryl methyl sites for hydroxylation is 1. The third-order valence-corrected chi connectivity index (χ3v) is 8.27. The number of nitrogens with two attached hydrogens (primary N) is 1. The largest absolute Gasteiger partial charge is 0.369 e. The highest BCUT2D eigenvalue weighted by molar-refractivity contribution is 6.06. The van der Waals surface area contributed by atoms with Crippen molar-refractivity contribution in [1.82, 2.24) is 4.90 Å². The lowest BCUT2D eigenvalue weighted by molar-refractivity contribution is -0.131. The van der Waals surface area contributed by atoms with E-state index in [1.165, 1.54) is 69.8 Å². The first-order valence-corrected chi connectivity index (χ1v) is 12.7. The molecule has 1 aliphatic heterocycles. The van der Waals surface area contributed by atoms with Crippen molar-refractivity contribution in [3.8, 4) is 0 Å². The van der Waals surface area contributed by atoms with Gasteiger partial charge in [-0.25, -0.2) is 4.99 Å². The molecule has 170 valence electrons. The van der Waals surface area contributed by atoms with E-state index in [4.69, 9.17) is 10.7 Å². The van der Waals surface area contributed by atoms with E-state index in [9.17, 15) is 4.79 Å². The molecular formula is C27H41N3O. The summed E-state index contributed by atoms with van der Waals surface area (Å²) >= 11 is 0. The highest BCUT2D eigenvalue weighted by Crippen LogP contribution is 2.42. The molecule has 0 bridgehead atoms. The Bertz CT molecular complexity index is 755. The molecule has 0 saturated heterocycles. The Kier molecular flexibility index (Phi) is 7.35. The number of hydrogen-bond acceptors (Lipinski definition) is 3. The van der Waals surface area contributed by atoms with Gasteiger partial charge in [-0.2, -0.15) is 0 Å². The van der Waals surface area contributed by atoms with Crippen molar-refractivity contribution in [2.45, 2.75) is 95.4 Å². The van der Waals surface area contributed by atoms with Gasteiger partial charge in [0.2, 0.25) is 0 Å². The van der Waals surface area contributed by atoms with Gasteiger partial charge in [-0.05, 0) is 61.8 Å². The smallest absolute Gasteiger partial charge is 0.257 e. The van der Waals surface area contributed by atoms with Crippen molar-refractivity contribution < 1.29 is 4.79 Å². The topological polar surface area (TPSA) is 58.7 Å². The summed E-state index contributed by atoms with van der Waals surface area (Å²) in [7, 11) is 1.80. The number of benzene rings is 1. The maximum Gasteiger partial charge on any atom is 0.257 e. The van der Waals surface area contributed by atoms with Crippen LogP contribution < -0.4 is 5.73 Å². The van der Waals surface area contributed by atoms with Crippen LogP contribution in [0.15, 0.2) is 35.3 Å². The predicted octanol–water partition coefficient (Wildman–Crippen LogP) is 5.70. The number of carbonyl (C=O) groups is 1. The molecule has 0 spiro atoms. The monoisotopic (exact) mass is 423 g/mol. The van der Waals surface area contributed by atoms with Crippen LogP contribution in [0.4, 0.5) is 0 Å². The van der Waals surface area contributed by atoms with Crippen LogP contribution in [-0.2, 0) is 11.2 Å². The number of hydrogen-bond donors (Lipinski definition) is 1. The third-order valence-electron chi connectivity index (χ3n) is 8.27. The van der Waals surface area contributed by atoms with Crippen molar-refractivity contribution in [2.75, 3.05) is 7.05 Å². The Hall–Kier alpha value is -1.84. The van der Waals surface area contributed by atoms with E-state index in [0.29, 0.717) is 11.9 Å². The molecule has 3 atom stereocenters. The van der Waals surface area contributed by atoms with E-state index in [-0.39, 0.29) is 5.91 Å². The number of guanidine groups is 1. The average molecular weight is 424 g/mol. The molecule has 2 aliphatic carbocycles. The van der Waals surface area contributed by atoms with Crippen LogP contribution in [0.25, 0.3) is 0 Å². The molecule has 4 nitrogen and oxygen atoms in total. The number of aliphatic imine (C=N–C) groups is 1. The van der Waals surface area contributed by atoms with Gasteiger partial charge in [-0.1, -0.05) is 81.7 Å². The molecule has 0 unspecified atom stereocenters. The summed E-state index contributed by atoms with van der Waals surface area (Å²) in [5.41, 5.74) is 7.00. The van der Waals surface area contributed by atoms with E-state index >= 15 is 0 Å². The van der Waals surface area contributed by atoms with Crippen molar-refractivity contribution in [3.05, 3.63) is 35.9 Å². The summed E-state index contributed by atoms with van der Waals surface area (Å²) in [5.74, 6) is 2.70. The van der Waals surface area contributed by atoms with Gasteiger partial charge in [0.05, 0.1) is 0 Å². The standard InChI is InChI=1S/C27H41N3O/c1-30-25(31)27(29-26(30)28,18-17-22-11-6-3-7-12-22)20-24-14-8-13-23(19-24)16-15-21-9-4-2-5-10-21/h2,4-5,9-10,22-24H,3,6-8,11-20H2,1H3,(H2,28,29)/t23-,24-,27-/m1/s1. The summed E-state index contributed by atoms with van der Waals surface area (Å²) in [6.07, 6.45) is 17.1.